The van der Waals surface area contributed by atoms with E-state index in [0.29, 0.717) is 19.3 Å². The molecule has 10 heteroatoms. The zero-order valence-corrected chi connectivity index (χ0v) is 14.4. The van der Waals surface area contributed by atoms with Crippen LogP contribution in [-0.2, 0) is 23.1 Å². The molecule has 1 aliphatic heterocycles. The number of carbonyl (C=O) groups excluding carboxylic acids is 1. The Kier molecular flexibility index (Phi) is 7.87. The highest BCUT2D eigenvalue weighted by Gasteiger charge is 2.32. The van der Waals surface area contributed by atoms with Crippen molar-refractivity contribution in [3.05, 3.63) is 12.3 Å². The van der Waals surface area contributed by atoms with Crippen molar-refractivity contribution < 1.29 is 28.0 Å². The molecule has 3 unspecified atom stereocenters. The molecule has 1 saturated heterocycles. The van der Waals surface area contributed by atoms with Crippen LogP contribution in [0.3, 0.4) is 0 Å². The summed E-state index contributed by atoms with van der Waals surface area (Å²) in [4.78, 5) is 25.7. The Hall–Kier alpha value is -1.25. The molecule has 0 spiro atoms. The molecule has 0 aliphatic carbocycles. The first-order valence-electron chi connectivity index (χ1n) is 7.21. The molecule has 132 valence electrons. The lowest BCUT2D eigenvalue weighted by Crippen LogP contribution is -2.31. The molecule has 1 heterocycles. The number of amidine groups is 1. The second kappa shape index (κ2) is 9.14. The maximum Gasteiger partial charge on any atom is 0.472 e. The quantitative estimate of drug-likeness (QED) is 0.275. The van der Waals surface area contributed by atoms with Crippen molar-refractivity contribution in [2.24, 2.45) is 10.7 Å². The number of nitrogens with zero attached hydrogens (tertiary/aromatic N) is 2. The van der Waals surface area contributed by atoms with Gasteiger partial charge in [-0.15, -0.1) is 0 Å². The van der Waals surface area contributed by atoms with E-state index in [-0.39, 0.29) is 12.4 Å². The maximum atomic E-state index is 11.6. The van der Waals surface area contributed by atoms with E-state index in [0.717, 1.165) is 0 Å². The zero-order chi connectivity index (χ0) is 17.5. The third kappa shape index (κ3) is 7.24. The van der Waals surface area contributed by atoms with Gasteiger partial charge in [0.05, 0.1) is 18.8 Å². The number of phosphoric ester groups is 1. The van der Waals surface area contributed by atoms with Gasteiger partial charge in [0.2, 0.25) is 6.41 Å². The van der Waals surface area contributed by atoms with Gasteiger partial charge in [0.25, 0.3) is 0 Å². The molecule has 0 saturated carbocycles. The first kappa shape index (κ1) is 19.8. The number of aliphatic imine (C=N–C) groups is 1. The van der Waals surface area contributed by atoms with E-state index >= 15 is 0 Å². The number of phosphoric acid groups is 1. The van der Waals surface area contributed by atoms with Crippen molar-refractivity contribution in [3.8, 4) is 0 Å². The Morgan fingerprint density at radius 3 is 2.83 bits per heavy atom. The fourth-order valence-corrected chi connectivity index (χ4v) is 2.89. The van der Waals surface area contributed by atoms with Crippen molar-refractivity contribution in [3.63, 3.8) is 0 Å². The Labute approximate surface area is 135 Å². The standard InChI is InChI=1S/C13H24N3O6P/c1-10(2)22-23(18,19)20-8-11-4-5-13(21-11)16(9-17)7-6-12(14)15-3/h6-7,9-11,13H,4-5,8H2,1-3H3,(H2,14,15)(H,18,19)/b7-6-. The highest BCUT2D eigenvalue weighted by Crippen LogP contribution is 2.45. The van der Waals surface area contributed by atoms with E-state index in [4.69, 9.17) is 19.5 Å². The molecule has 1 fully saturated rings. The van der Waals surface area contributed by atoms with E-state index in [1.807, 2.05) is 0 Å². The summed E-state index contributed by atoms with van der Waals surface area (Å²) in [5.74, 6) is 0.279. The number of ether oxygens (including phenoxy) is 1. The largest absolute Gasteiger partial charge is 0.472 e. The summed E-state index contributed by atoms with van der Waals surface area (Å²) in [6.07, 6.45) is 3.43. The lowest BCUT2D eigenvalue weighted by molar-refractivity contribution is -0.127. The molecule has 23 heavy (non-hydrogen) atoms. The monoisotopic (exact) mass is 349 g/mol. The summed E-state index contributed by atoms with van der Waals surface area (Å²) in [5, 5.41) is 0. The molecule has 0 aromatic rings. The highest BCUT2D eigenvalue weighted by molar-refractivity contribution is 7.47. The minimum Gasteiger partial charge on any atom is -0.384 e. The Morgan fingerprint density at radius 2 is 2.26 bits per heavy atom. The number of amides is 1. The molecule has 0 radical (unpaired) electrons. The van der Waals surface area contributed by atoms with Crippen LogP contribution in [0.1, 0.15) is 26.7 Å². The normalized spacial score (nSPS) is 25.0. The average molecular weight is 349 g/mol. The molecule has 1 amide bonds. The van der Waals surface area contributed by atoms with E-state index in [1.54, 1.807) is 13.8 Å². The number of hydrogen-bond acceptors (Lipinski definition) is 6. The fourth-order valence-electron chi connectivity index (χ4n) is 1.94. The zero-order valence-electron chi connectivity index (χ0n) is 13.5. The van der Waals surface area contributed by atoms with Crippen LogP contribution in [-0.4, -0.2) is 54.1 Å². The van der Waals surface area contributed by atoms with Crippen molar-refractivity contribution in [1.82, 2.24) is 4.90 Å². The van der Waals surface area contributed by atoms with Gasteiger partial charge in [-0.2, -0.15) is 0 Å². The Balaban J connectivity index is 2.49. The van der Waals surface area contributed by atoms with Gasteiger partial charge in [-0.3, -0.25) is 23.7 Å². The van der Waals surface area contributed by atoms with Crippen LogP contribution in [0.15, 0.2) is 17.3 Å². The summed E-state index contributed by atoms with van der Waals surface area (Å²) >= 11 is 0. The van der Waals surface area contributed by atoms with Gasteiger partial charge in [0.15, 0.2) is 0 Å². The highest BCUT2D eigenvalue weighted by atomic mass is 31.2. The smallest absolute Gasteiger partial charge is 0.384 e. The maximum absolute atomic E-state index is 11.6. The predicted molar refractivity (Wildman–Crippen MR) is 84.5 cm³/mol. The third-order valence-electron chi connectivity index (χ3n) is 2.98. The van der Waals surface area contributed by atoms with Gasteiger partial charge in [-0.1, -0.05) is 0 Å². The lowest BCUT2D eigenvalue weighted by Gasteiger charge is -2.22. The van der Waals surface area contributed by atoms with Crippen LogP contribution >= 0.6 is 7.82 Å². The molecule has 0 bridgehead atoms. The summed E-state index contributed by atoms with van der Waals surface area (Å²) in [7, 11) is -2.55. The van der Waals surface area contributed by atoms with Gasteiger partial charge in [0, 0.05) is 13.2 Å². The van der Waals surface area contributed by atoms with E-state index < -0.39 is 26.3 Å². The molecular formula is C13H24N3O6P. The molecular weight excluding hydrogens is 325 g/mol. The molecule has 1 aliphatic rings. The SMILES string of the molecule is CN=C(N)/C=C\N(C=O)C1CCC(COP(=O)(O)OC(C)C)O1. The van der Waals surface area contributed by atoms with E-state index in [9.17, 15) is 14.3 Å². The van der Waals surface area contributed by atoms with Gasteiger partial charge in [-0.25, -0.2) is 4.57 Å². The van der Waals surface area contributed by atoms with Crippen LogP contribution in [0.2, 0.25) is 0 Å². The molecule has 0 aromatic carbocycles. The van der Waals surface area contributed by atoms with Gasteiger partial charge >= 0.3 is 7.82 Å². The lowest BCUT2D eigenvalue weighted by atomic mass is 10.2. The van der Waals surface area contributed by atoms with Gasteiger partial charge < -0.3 is 15.4 Å². The summed E-state index contributed by atoms with van der Waals surface area (Å²) < 4.78 is 26.9. The minimum atomic E-state index is -4.09. The minimum absolute atomic E-state index is 0.0913. The Morgan fingerprint density at radius 1 is 1.57 bits per heavy atom. The Bertz CT molecular complexity index is 496. The number of hydrogen-bond donors (Lipinski definition) is 2. The van der Waals surface area contributed by atoms with Crippen molar-refractivity contribution in [2.75, 3.05) is 13.7 Å². The van der Waals surface area contributed by atoms with Crippen LogP contribution in [0.5, 0.6) is 0 Å². The van der Waals surface area contributed by atoms with Crippen LogP contribution < -0.4 is 5.73 Å². The van der Waals surface area contributed by atoms with Gasteiger partial charge in [-0.05, 0) is 32.8 Å². The van der Waals surface area contributed by atoms with Crippen molar-refractivity contribution in [2.45, 2.75) is 45.1 Å². The van der Waals surface area contributed by atoms with Crippen molar-refractivity contribution in [1.29, 1.82) is 0 Å². The van der Waals surface area contributed by atoms with Crippen molar-refractivity contribution >= 4 is 20.1 Å². The molecule has 1 rings (SSSR count). The molecule has 9 nitrogen and oxygen atoms in total. The molecule has 0 aromatic heterocycles. The van der Waals surface area contributed by atoms with Gasteiger partial charge in [0.1, 0.15) is 12.1 Å². The predicted octanol–water partition coefficient (Wildman–Crippen LogP) is 0.993. The van der Waals surface area contributed by atoms with Crippen LogP contribution in [0.4, 0.5) is 0 Å². The molecule has 3 N–H and O–H groups in total. The van der Waals surface area contributed by atoms with E-state index in [1.165, 1.54) is 24.2 Å². The summed E-state index contributed by atoms with van der Waals surface area (Å²) in [6.45, 7) is 3.17. The summed E-state index contributed by atoms with van der Waals surface area (Å²) in [6, 6.07) is 0. The number of carbonyl (C=O) groups is 1. The first-order chi connectivity index (χ1) is 10.8. The fraction of sp³-hybridized carbons (Fsp3) is 0.692. The third-order valence-corrected chi connectivity index (χ3v) is 4.15. The topological polar surface area (TPSA) is 124 Å². The van der Waals surface area contributed by atoms with Crippen LogP contribution in [0.25, 0.3) is 0 Å². The summed E-state index contributed by atoms with van der Waals surface area (Å²) in [5.41, 5.74) is 5.52. The van der Waals surface area contributed by atoms with Crippen LogP contribution in [0, 0.1) is 0 Å². The second-order valence-electron chi connectivity index (χ2n) is 5.23. The molecule has 3 atom stereocenters. The average Bonchev–Trinajstić information content (AvgIpc) is 2.93. The number of nitrogens with two attached hydrogens (primary N) is 1. The number of rotatable bonds is 9. The second-order valence-corrected chi connectivity index (χ2v) is 6.63. The first-order valence-corrected chi connectivity index (χ1v) is 8.71. The van der Waals surface area contributed by atoms with E-state index in [2.05, 4.69) is 4.99 Å².